The Kier molecular flexibility index (Phi) is 5.97. The van der Waals surface area contributed by atoms with Crippen LogP contribution in [-0.4, -0.2) is 23.9 Å². The largest absolute Gasteiger partial charge is 0.388 e. The number of nitrogens with one attached hydrogen (secondary N) is 1. The van der Waals surface area contributed by atoms with Crippen molar-refractivity contribution in [3.63, 3.8) is 0 Å². The van der Waals surface area contributed by atoms with Gasteiger partial charge in [-0.15, -0.1) is 0 Å². The highest BCUT2D eigenvalue weighted by Gasteiger charge is 2.28. The Hall–Kier alpha value is -2.29. The van der Waals surface area contributed by atoms with Crippen LogP contribution in [0.1, 0.15) is 55.2 Å². The fraction of sp³-hybridized carbons (Fsp3) is 0.435. The second kappa shape index (κ2) is 8.39. The summed E-state index contributed by atoms with van der Waals surface area (Å²) in [5.41, 5.74) is 5.23. The average Bonchev–Trinajstić information content (AvgIpc) is 2.67. The van der Waals surface area contributed by atoms with E-state index in [-0.39, 0.29) is 5.91 Å². The molecule has 0 spiro atoms. The molecule has 3 heteroatoms. The van der Waals surface area contributed by atoms with Gasteiger partial charge in [0.1, 0.15) is 0 Å². The normalized spacial score (nSPS) is 19.8. The van der Waals surface area contributed by atoms with Crippen molar-refractivity contribution in [2.24, 2.45) is 0 Å². The quantitative estimate of drug-likeness (QED) is 0.812. The van der Waals surface area contributed by atoms with Gasteiger partial charge >= 0.3 is 0 Å². The smallest absolute Gasteiger partial charge is 0.219 e. The SMILES string of the molecule is CNc1ccc(C)c([C@H]2CC[C@H](N(Cc3ccccc3)C(C)=O)CC2)c1. The van der Waals surface area contributed by atoms with E-state index >= 15 is 0 Å². The van der Waals surface area contributed by atoms with Crippen molar-refractivity contribution in [1.29, 1.82) is 0 Å². The van der Waals surface area contributed by atoms with Gasteiger partial charge < -0.3 is 10.2 Å². The van der Waals surface area contributed by atoms with Crippen molar-refractivity contribution < 1.29 is 4.79 Å². The molecule has 1 aliphatic carbocycles. The number of anilines is 1. The summed E-state index contributed by atoms with van der Waals surface area (Å²) in [4.78, 5) is 14.3. The second-order valence-corrected chi connectivity index (χ2v) is 7.46. The van der Waals surface area contributed by atoms with Crippen molar-refractivity contribution >= 4 is 11.6 Å². The molecule has 1 amide bonds. The summed E-state index contributed by atoms with van der Waals surface area (Å²) in [6.45, 7) is 4.63. The fourth-order valence-corrected chi connectivity index (χ4v) is 4.21. The zero-order valence-corrected chi connectivity index (χ0v) is 16.2. The summed E-state index contributed by atoms with van der Waals surface area (Å²) in [6, 6.07) is 17.3. The third kappa shape index (κ3) is 4.27. The summed E-state index contributed by atoms with van der Waals surface area (Å²) < 4.78 is 0. The topological polar surface area (TPSA) is 32.3 Å². The number of rotatable bonds is 5. The monoisotopic (exact) mass is 350 g/mol. The molecule has 3 rings (SSSR count). The summed E-state index contributed by atoms with van der Waals surface area (Å²) >= 11 is 0. The number of hydrogen-bond acceptors (Lipinski definition) is 2. The third-order valence-electron chi connectivity index (χ3n) is 5.75. The Morgan fingerprint density at radius 3 is 2.38 bits per heavy atom. The molecule has 0 heterocycles. The summed E-state index contributed by atoms with van der Waals surface area (Å²) in [5.74, 6) is 0.788. The molecule has 2 aromatic rings. The molecule has 1 saturated carbocycles. The lowest BCUT2D eigenvalue weighted by atomic mass is 9.79. The van der Waals surface area contributed by atoms with Gasteiger partial charge in [-0.1, -0.05) is 36.4 Å². The maximum absolute atomic E-state index is 12.3. The molecule has 1 aliphatic rings. The van der Waals surface area contributed by atoms with Gasteiger partial charge in [-0.2, -0.15) is 0 Å². The highest BCUT2D eigenvalue weighted by Crippen LogP contribution is 2.37. The van der Waals surface area contributed by atoms with Crippen LogP contribution in [0.3, 0.4) is 0 Å². The van der Waals surface area contributed by atoms with Crippen LogP contribution in [0.2, 0.25) is 0 Å². The van der Waals surface area contributed by atoms with Crippen molar-refractivity contribution in [2.75, 3.05) is 12.4 Å². The molecule has 1 N–H and O–H groups in total. The molecule has 0 aromatic heterocycles. The summed E-state index contributed by atoms with van der Waals surface area (Å²) in [7, 11) is 1.97. The van der Waals surface area contributed by atoms with E-state index in [0.29, 0.717) is 12.0 Å². The Labute approximate surface area is 157 Å². The van der Waals surface area contributed by atoms with Crippen LogP contribution >= 0.6 is 0 Å². The number of nitrogens with zero attached hydrogens (tertiary/aromatic N) is 1. The molecule has 138 valence electrons. The molecule has 0 aliphatic heterocycles. The van der Waals surface area contributed by atoms with E-state index < -0.39 is 0 Å². The highest BCUT2D eigenvalue weighted by atomic mass is 16.2. The van der Waals surface area contributed by atoms with Gasteiger partial charge in [-0.3, -0.25) is 4.79 Å². The lowest BCUT2D eigenvalue weighted by Crippen LogP contribution is -2.40. The minimum Gasteiger partial charge on any atom is -0.388 e. The maximum atomic E-state index is 12.3. The fourth-order valence-electron chi connectivity index (χ4n) is 4.21. The van der Waals surface area contributed by atoms with E-state index in [1.807, 2.05) is 25.2 Å². The lowest BCUT2D eigenvalue weighted by molar-refractivity contribution is -0.132. The maximum Gasteiger partial charge on any atom is 0.219 e. The first-order valence-electron chi connectivity index (χ1n) is 9.68. The Bertz CT molecular complexity index is 733. The van der Waals surface area contributed by atoms with E-state index in [2.05, 4.69) is 47.5 Å². The summed E-state index contributed by atoms with van der Waals surface area (Å²) in [6.07, 6.45) is 4.47. The highest BCUT2D eigenvalue weighted by molar-refractivity contribution is 5.73. The second-order valence-electron chi connectivity index (χ2n) is 7.46. The third-order valence-corrected chi connectivity index (χ3v) is 5.75. The van der Waals surface area contributed by atoms with Gasteiger partial charge in [0, 0.05) is 32.2 Å². The first kappa shape index (κ1) is 18.5. The van der Waals surface area contributed by atoms with Gasteiger partial charge in [0.25, 0.3) is 0 Å². The summed E-state index contributed by atoms with van der Waals surface area (Å²) in [5, 5.41) is 3.25. The Morgan fingerprint density at radius 2 is 1.77 bits per heavy atom. The number of carbonyl (C=O) groups excluding carboxylic acids is 1. The molecular weight excluding hydrogens is 320 g/mol. The van der Waals surface area contributed by atoms with E-state index in [9.17, 15) is 4.79 Å². The van der Waals surface area contributed by atoms with Gasteiger partial charge in [-0.05, 0) is 67.3 Å². The van der Waals surface area contributed by atoms with Crippen molar-refractivity contribution in [3.8, 4) is 0 Å². The van der Waals surface area contributed by atoms with Crippen LogP contribution in [0.5, 0.6) is 0 Å². The number of hydrogen-bond donors (Lipinski definition) is 1. The van der Waals surface area contributed by atoms with Crippen molar-refractivity contribution in [2.45, 2.75) is 58.0 Å². The molecule has 26 heavy (non-hydrogen) atoms. The van der Waals surface area contributed by atoms with Gasteiger partial charge in [-0.25, -0.2) is 0 Å². The molecule has 0 unspecified atom stereocenters. The van der Waals surface area contributed by atoms with Crippen LogP contribution in [0, 0.1) is 6.92 Å². The number of carbonyl (C=O) groups is 1. The van der Waals surface area contributed by atoms with E-state index in [1.165, 1.54) is 22.4 Å². The predicted octanol–water partition coefficient (Wildman–Crippen LogP) is 5.11. The van der Waals surface area contributed by atoms with Crippen LogP contribution < -0.4 is 5.32 Å². The molecule has 0 saturated heterocycles. The molecule has 3 nitrogen and oxygen atoms in total. The molecule has 2 aromatic carbocycles. The van der Waals surface area contributed by atoms with Crippen molar-refractivity contribution in [3.05, 3.63) is 65.2 Å². The van der Waals surface area contributed by atoms with Crippen LogP contribution in [-0.2, 0) is 11.3 Å². The molecule has 0 radical (unpaired) electrons. The van der Waals surface area contributed by atoms with Crippen LogP contribution in [0.25, 0.3) is 0 Å². The average molecular weight is 351 g/mol. The number of benzene rings is 2. The number of aryl methyl sites for hydroxylation is 1. The van der Waals surface area contributed by atoms with Crippen molar-refractivity contribution in [1.82, 2.24) is 4.90 Å². The van der Waals surface area contributed by atoms with E-state index in [1.54, 1.807) is 6.92 Å². The van der Waals surface area contributed by atoms with Gasteiger partial charge in [0.05, 0.1) is 0 Å². The zero-order valence-electron chi connectivity index (χ0n) is 16.2. The molecule has 0 bridgehead atoms. The minimum atomic E-state index is 0.186. The Morgan fingerprint density at radius 1 is 1.08 bits per heavy atom. The zero-order chi connectivity index (χ0) is 18.5. The first-order chi connectivity index (χ1) is 12.6. The minimum absolute atomic E-state index is 0.186. The van der Waals surface area contributed by atoms with E-state index in [0.717, 1.165) is 32.2 Å². The number of amides is 1. The van der Waals surface area contributed by atoms with E-state index in [4.69, 9.17) is 0 Å². The lowest BCUT2D eigenvalue weighted by Gasteiger charge is -2.37. The first-order valence-corrected chi connectivity index (χ1v) is 9.68. The predicted molar refractivity (Wildman–Crippen MR) is 108 cm³/mol. The van der Waals surface area contributed by atoms with Crippen LogP contribution in [0.15, 0.2) is 48.5 Å². The van der Waals surface area contributed by atoms with Gasteiger partial charge in [0.15, 0.2) is 0 Å². The molecular formula is C23H30N2O. The molecule has 0 atom stereocenters. The Balaban J connectivity index is 1.67. The standard InChI is InChI=1S/C23H30N2O/c1-17-9-12-21(24-3)15-23(17)20-10-13-22(14-11-20)25(18(2)26)16-19-7-5-4-6-8-19/h4-9,12,15,20,22,24H,10-11,13-14,16H2,1-3H3/t20-,22-. The van der Waals surface area contributed by atoms with Gasteiger partial charge in [0.2, 0.25) is 5.91 Å². The van der Waals surface area contributed by atoms with Crippen LogP contribution in [0.4, 0.5) is 5.69 Å². The molecule has 1 fully saturated rings.